The first-order valence-electron chi connectivity index (χ1n) is 8.97. The van der Waals surface area contributed by atoms with Crippen LogP contribution >= 0.6 is 11.8 Å². The minimum Gasteiger partial charge on any atom is -0.369 e. The zero-order chi connectivity index (χ0) is 20.1. The molecule has 1 amide bonds. The topological polar surface area (TPSA) is 35.6 Å². The maximum Gasteiger partial charge on any atom is 0.446 e. The van der Waals surface area contributed by atoms with Gasteiger partial charge in [0.15, 0.2) is 0 Å². The molecule has 0 spiro atoms. The number of likely N-dealkylation sites (N-methyl/N-ethyl adjacent to an activating group) is 1. The summed E-state index contributed by atoms with van der Waals surface area (Å²) in [6.45, 7) is 4.20. The molecule has 0 saturated carbocycles. The van der Waals surface area contributed by atoms with E-state index in [0.29, 0.717) is 12.1 Å². The molecule has 1 aliphatic heterocycles. The molecule has 0 bridgehead atoms. The Kier molecular flexibility index (Phi) is 6.51. The van der Waals surface area contributed by atoms with Gasteiger partial charge in [0.25, 0.3) is 5.91 Å². The molecule has 3 rings (SSSR count). The summed E-state index contributed by atoms with van der Waals surface area (Å²) < 4.78 is 37.2. The highest BCUT2D eigenvalue weighted by Gasteiger charge is 2.29. The minimum absolute atomic E-state index is 0.0597. The summed E-state index contributed by atoms with van der Waals surface area (Å²) in [7, 11) is 2.10. The van der Waals surface area contributed by atoms with Gasteiger partial charge in [-0.3, -0.25) is 4.79 Å². The molecule has 8 heteroatoms. The number of hydrogen-bond acceptors (Lipinski definition) is 4. The normalized spacial score (nSPS) is 15.5. The van der Waals surface area contributed by atoms with Gasteiger partial charge in [-0.15, -0.1) is 0 Å². The van der Waals surface area contributed by atoms with Crippen LogP contribution in [0.2, 0.25) is 0 Å². The van der Waals surface area contributed by atoms with Crippen LogP contribution in [-0.4, -0.2) is 49.5 Å². The third kappa shape index (κ3) is 5.65. The van der Waals surface area contributed by atoms with Crippen LogP contribution in [0.4, 0.5) is 18.9 Å². The van der Waals surface area contributed by atoms with Crippen molar-refractivity contribution < 1.29 is 18.0 Å². The van der Waals surface area contributed by atoms with Crippen molar-refractivity contribution >= 4 is 23.4 Å². The van der Waals surface area contributed by atoms with Gasteiger partial charge in [-0.25, -0.2) is 0 Å². The van der Waals surface area contributed by atoms with Gasteiger partial charge in [-0.2, -0.15) is 13.2 Å². The van der Waals surface area contributed by atoms with Crippen LogP contribution in [0.5, 0.6) is 0 Å². The van der Waals surface area contributed by atoms with Crippen LogP contribution < -0.4 is 10.2 Å². The second-order valence-corrected chi connectivity index (χ2v) is 7.81. The maximum absolute atomic E-state index is 12.4. The summed E-state index contributed by atoms with van der Waals surface area (Å²) in [5, 5.41) is 2.87. The summed E-state index contributed by atoms with van der Waals surface area (Å²) in [5.41, 5.74) is -1.88. The molecule has 1 saturated heterocycles. The summed E-state index contributed by atoms with van der Waals surface area (Å²) >= 11 is -0.191. The summed E-state index contributed by atoms with van der Waals surface area (Å²) in [6, 6.07) is 13.4. The highest BCUT2D eigenvalue weighted by atomic mass is 32.2. The number of piperazine rings is 1. The number of hydrogen-bond donors (Lipinski definition) is 1. The predicted octanol–water partition coefficient (Wildman–Crippen LogP) is 3.98. The number of nitrogens with zero attached hydrogens (tertiary/aromatic N) is 2. The highest BCUT2D eigenvalue weighted by Crippen LogP contribution is 2.36. The predicted molar refractivity (Wildman–Crippen MR) is 106 cm³/mol. The van der Waals surface area contributed by atoms with Gasteiger partial charge in [0, 0.05) is 48.9 Å². The Bertz CT molecular complexity index is 803. The molecule has 0 aromatic heterocycles. The lowest BCUT2D eigenvalue weighted by molar-refractivity contribution is -0.0328. The second-order valence-electron chi connectivity index (χ2n) is 6.67. The fourth-order valence-corrected chi connectivity index (χ4v) is 3.64. The number of carbonyl (C=O) groups excluding carboxylic acids is 1. The molecule has 150 valence electrons. The number of nitrogens with one attached hydrogen (secondary N) is 1. The Morgan fingerprint density at radius 3 is 2.32 bits per heavy atom. The van der Waals surface area contributed by atoms with Crippen molar-refractivity contribution in [3.63, 3.8) is 0 Å². The molecule has 1 heterocycles. The number of halogens is 3. The van der Waals surface area contributed by atoms with E-state index < -0.39 is 5.51 Å². The molecular weight excluding hydrogens is 387 g/mol. The molecule has 0 unspecified atom stereocenters. The van der Waals surface area contributed by atoms with Gasteiger partial charge < -0.3 is 15.1 Å². The van der Waals surface area contributed by atoms with Gasteiger partial charge in [-0.05, 0) is 54.7 Å². The maximum atomic E-state index is 12.4. The second kappa shape index (κ2) is 8.87. The summed E-state index contributed by atoms with van der Waals surface area (Å²) in [5.74, 6) is -0.309. The number of rotatable bonds is 5. The number of thioether (sulfide) groups is 1. The van der Waals surface area contributed by atoms with E-state index in [0.717, 1.165) is 37.4 Å². The number of carbonyl (C=O) groups is 1. The van der Waals surface area contributed by atoms with E-state index in [9.17, 15) is 18.0 Å². The van der Waals surface area contributed by atoms with E-state index in [2.05, 4.69) is 28.2 Å². The lowest BCUT2D eigenvalue weighted by Crippen LogP contribution is -2.45. The number of para-hydroxylation sites is 1. The Balaban J connectivity index is 1.62. The lowest BCUT2D eigenvalue weighted by Gasteiger charge is -2.35. The third-order valence-electron chi connectivity index (χ3n) is 4.63. The van der Waals surface area contributed by atoms with Gasteiger partial charge >= 0.3 is 5.51 Å². The number of benzene rings is 2. The van der Waals surface area contributed by atoms with E-state index in [1.165, 1.54) is 24.3 Å². The van der Waals surface area contributed by atoms with E-state index in [-0.39, 0.29) is 22.6 Å². The molecular formula is C20H22F3N3OS. The van der Waals surface area contributed by atoms with E-state index in [1.807, 2.05) is 18.2 Å². The van der Waals surface area contributed by atoms with E-state index >= 15 is 0 Å². The van der Waals surface area contributed by atoms with Gasteiger partial charge in [0.1, 0.15) is 0 Å². The van der Waals surface area contributed by atoms with Crippen molar-refractivity contribution in [1.29, 1.82) is 0 Å². The Morgan fingerprint density at radius 2 is 1.68 bits per heavy atom. The molecule has 1 aliphatic rings. The zero-order valence-electron chi connectivity index (χ0n) is 15.5. The monoisotopic (exact) mass is 409 g/mol. The molecule has 1 N–H and O–H groups in total. The van der Waals surface area contributed by atoms with Gasteiger partial charge in [0.2, 0.25) is 0 Å². The van der Waals surface area contributed by atoms with Crippen molar-refractivity contribution in [3.8, 4) is 0 Å². The fourth-order valence-electron chi connectivity index (χ4n) is 3.10. The van der Waals surface area contributed by atoms with Crippen LogP contribution in [0.3, 0.4) is 0 Å². The molecule has 28 heavy (non-hydrogen) atoms. The van der Waals surface area contributed by atoms with Crippen molar-refractivity contribution in [2.75, 3.05) is 38.1 Å². The summed E-state index contributed by atoms with van der Waals surface area (Å²) in [4.78, 5) is 17.0. The van der Waals surface area contributed by atoms with Crippen LogP contribution in [0.15, 0.2) is 53.4 Å². The molecule has 0 atom stereocenters. The molecule has 2 aromatic carbocycles. The fraction of sp³-hybridized carbons (Fsp3) is 0.350. The van der Waals surface area contributed by atoms with Crippen LogP contribution in [0.25, 0.3) is 0 Å². The smallest absolute Gasteiger partial charge is 0.369 e. The Labute approximate surface area is 166 Å². The average Bonchev–Trinajstić information content (AvgIpc) is 2.66. The third-order valence-corrected chi connectivity index (χ3v) is 5.36. The van der Waals surface area contributed by atoms with Crippen LogP contribution in [-0.2, 0) is 6.54 Å². The number of anilines is 1. The lowest BCUT2D eigenvalue weighted by atomic mass is 10.1. The van der Waals surface area contributed by atoms with Crippen LogP contribution in [0, 0.1) is 0 Å². The molecule has 4 nitrogen and oxygen atoms in total. The molecule has 2 aromatic rings. The SMILES string of the molecule is CN1CCN(c2ccccc2CNC(=O)c2ccc(SC(F)(F)F)cc2)CC1. The first kappa shape index (κ1) is 20.5. The largest absolute Gasteiger partial charge is 0.446 e. The van der Waals surface area contributed by atoms with Crippen molar-refractivity contribution in [3.05, 3.63) is 59.7 Å². The molecule has 0 aliphatic carbocycles. The molecule has 0 radical (unpaired) electrons. The van der Waals surface area contributed by atoms with Crippen molar-refractivity contribution in [2.45, 2.75) is 16.9 Å². The zero-order valence-corrected chi connectivity index (χ0v) is 16.3. The molecule has 1 fully saturated rings. The van der Waals surface area contributed by atoms with E-state index in [4.69, 9.17) is 0 Å². The number of alkyl halides is 3. The highest BCUT2D eigenvalue weighted by molar-refractivity contribution is 8.00. The average molecular weight is 409 g/mol. The summed E-state index contributed by atoms with van der Waals surface area (Å²) in [6.07, 6.45) is 0. The standard InChI is InChI=1S/C20H22F3N3OS/c1-25-10-12-26(13-11-25)18-5-3-2-4-16(18)14-24-19(27)15-6-8-17(9-7-15)28-20(21,22)23/h2-9H,10-14H2,1H3,(H,24,27). The quantitative estimate of drug-likeness (QED) is 0.758. The van der Waals surface area contributed by atoms with E-state index in [1.54, 1.807) is 0 Å². The van der Waals surface area contributed by atoms with Crippen molar-refractivity contribution in [1.82, 2.24) is 10.2 Å². The first-order valence-corrected chi connectivity index (χ1v) is 9.79. The van der Waals surface area contributed by atoms with Gasteiger partial charge in [0.05, 0.1) is 0 Å². The minimum atomic E-state index is -4.34. The Hall–Kier alpha value is -2.19. The van der Waals surface area contributed by atoms with Crippen molar-refractivity contribution in [2.24, 2.45) is 0 Å². The first-order chi connectivity index (χ1) is 13.3. The van der Waals surface area contributed by atoms with Crippen LogP contribution in [0.1, 0.15) is 15.9 Å². The van der Waals surface area contributed by atoms with Gasteiger partial charge in [-0.1, -0.05) is 18.2 Å². The number of amides is 1. The Morgan fingerprint density at radius 1 is 1.04 bits per heavy atom.